The Bertz CT molecular complexity index is 862. The minimum atomic E-state index is -0.325. The average molecular weight is 336 g/mol. The van der Waals surface area contributed by atoms with E-state index >= 15 is 0 Å². The van der Waals surface area contributed by atoms with Crippen LogP contribution < -0.4 is 0 Å². The lowest BCUT2D eigenvalue weighted by Crippen LogP contribution is -2.37. The molecule has 1 amide bonds. The number of rotatable bonds is 4. The molecule has 0 saturated carbocycles. The van der Waals surface area contributed by atoms with Crippen LogP contribution in [0, 0.1) is 5.41 Å². The first kappa shape index (κ1) is 16.8. The summed E-state index contributed by atoms with van der Waals surface area (Å²) in [6.45, 7) is 2.47. The van der Waals surface area contributed by atoms with Gasteiger partial charge in [0.2, 0.25) is 11.7 Å². The van der Waals surface area contributed by atoms with Gasteiger partial charge in [0.1, 0.15) is 5.71 Å². The Morgan fingerprint density at radius 1 is 1.16 bits per heavy atom. The molecule has 3 rings (SSSR count). The van der Waals surface area contributed by atoms with Crippen molar-refractivity contribution in [2.24, 2.45) is 7.05 Å². The summed E-state index contributed by atoms with van der Waals surface area (Å²) in [6.07, 6.45) is 6.22. The van der Waals surface area contributed by atoms with E-state index in [9.17, 15) is 9.59 Å². The van der Waals surface area contributed by atoms with Crippen molar-refractivity contribution in [3.63, 3.8) is 0 Å². The van der Waals surface area contributed by atoms with Crippen LogP contribution in [0.1, 0.15) is 23.7 Å². The highest BCUT2D eigenvalue weighted by atomic mass is 16.2. The number of hydrogen-bond acceptors (Lipinski definition) is 4. The fourth-order valence-corrected chi connectivity index (χ4v) is 2.87. The van der Waals surface area contributed by atoms with E-state index in [0.717, 1.165) is 11.1 Å². The van der Waals surface area contributed by atoms with Crippen LogP contribution in [0.4, 0.5) is 0 Å². The van der Waals surface area contributed by atoms with Crippen LogP contribution in [0.2, 0.25) is 0 Å². The van der Waals surface area contributed by atoms with Gasteiger partial charge >= 0.3 is 0 Å². The molecule has 2 aromatic rings. The highest BCUT2D eigenvalue weighted by Gasteiger charge is 2.22. The van der Waals surface area contributed by atoms with Crippen molar-refractivity contribution in [3.8, 4) is 11.1 Å². The van der Waals surface area contributed by atoms with Crippen LogP contribution in [-0.4, -0.2) is 45.2 Å². The minimum absolute atomic E-state index is 0.0355. The van der Waals surface area contributed by atoms with Crippen molar-refractivity contribution in [3.05, 3.63) is 53.9 Å². The Kier molecular flexibility index (Phi) is 4.61. The zero-order valence-corrected chi connectivity index (χ0v) is 14.3. The molecule has 0 aliphatic carbocycles. The van der Waals surface area contributed by atoms with Gasteiger partial charge in [0.05, 0.1) is 6.20 Å². The summed E-state index contributed by atoms with van der Waals surface area (Å²) in [5.74, 6) is -0.360. The van der Waals surface area contributed by atoms with Crippen molar-refractivity contribution in [2.75, 3.05) is 13.1 Å². The SMILES string of the molecule is CC(=O)N1CCC=C(C(=N)C(=O)c2ccc(-c3cnn(C)c3)cc2)C1. The van der Waals surface area contributed by atoms with Crippen molar-refractivity contribution in [2.45, 2.75) is 13.3 Å². The predicted octanol–water partition coefficient (Wildman–Crippen LogP) is 2.47. The molecule has 25 heavy (non-hydrogen) atoms. The Morgan fingerprint density at radius 3 is 2.48 bits per heavy atom. The van der Waals surface area contributed by atoms with Gasteiger partial charge in [-0.05, 0) is 17.6 Å². The molecule has 0 spiro atoms. The zero-order chi connectivity index (χ0) is 18.0. The molecule has 1 aliphatic rings. The monoisotopic (exact) mass is 336 g/mol. The van der Waals surface area contributed by atoms with Gasteiger partial charge in [-0.2, -0.15) is 5.10 Å². The van der Waals surface area contributed by atoms with Crippen LogP contribution in [0.3, 0.4) is 0 Å². The van der Waals surface area contributed by atoms with E-state index in [1.165, 1.54) is 6.92 Å². The van der Waals surface area contributed by atoms with Gasteiger partial charge in [0, 0.05) is 44.4 Å². The van der Waals surface area contributed by atoms with Crippen LogP contribution in [0.5, 0.6) is 0 Å². The summed E-state index contributed by atoms with van der Waals surface area (Å²) in [7, 11) is 1.85. The van der Waals surface area contributed by atoms with E-state index in [0.29, 0.717) is 30.6 Å². The molecule has 1 aromatic carbocycles. The van der Waals surface area contributed by atoms with E-state index < -0.39 is 0 Å². The average Bonchev–Trinajstić information content (AvgIpc) is 3.07. The fourth-order valence-electron chi connectivity index (χ4n) is 2.87. The number of aromatic nitrogens is 2. The number of ketones is 1. The summed E-state index contributed by atoms with van der Waals surface area (Å²) >= 11 is 0. The lowest BCUT2D eigenvalue weighted by atomic mass is 9.96. The van der Waals surface area contributed by atoms with Crippen LogP contribution in [0.25, 0.3) is 11.1 Å². The van der Waals surface area contributed by atoms with Crippen molar-refractivity contribution >= 4 is 17.4 Å². The molecule has 2 heterocycles. The third kappa shape index (κ3) is 3.57. The number of benzene rings is 1. The van der Waals surface area contributed by atoms with E-state index in [2.05, 4.69) is 5.10 Å². The molecule has 1 aliphatic heterocycles. The van der Waals surface area contributed by atoms with Crippen LogP contribution >= 0.6 is 0 Å². The first-order valence-corrected chi connectivity index (χ1v) is 8.13. The number of carbonyl (C=O) groups excluding carboxylic acids is 2. The molecule has 0 atom stereocenters. The largest absolute Gasteiger partial charge is 0.338 e. The smallest absolute Gasteiger partial charge is 0.219 e. The number of amides is 1. The number of Topliss-reactive ketones (excluding diaryl/α,β-unsaturated/α-hetero) is 1. The van der Waals surface area contributed by atoms with Gasteiger partial charge in [-0.1, -0.05) is 30.3 Å². The van der Waals surface area contributed by atoms with Crippen molar-refractivity contribution in [1.29, 1.82) is 5.41 Å². The molecule has 128 valence electrons. The second-order valence-electron chi connectivity index (χ2n) is 6.14. The summed E-state index contributed by atoms with van der Waals surface area (Å²) in [6, 6.07) is 7.17. The number of nitrogens with zero attached hydrogens (tertiary/aromatic N) is 3. The normalized spacial score (nSPS) is 14.2. The Balaban J connectivity index is 1.75. The molecular formula is C19H20N4O2. The van der Waals surface area contributed by atoms with Crippen LogP contribution in [-0.2, 0) is 11.8 Å². The first-order valence-electron chi connectivity index (χ1n) is 8.13. The lowest BCUT2D eigenvalue weighted by molar-refractivity contribution is -0.128. The molecular weight excluding hydrogens is 316 g/mol. The zero-order valence-electron chi connectivity index (χ0n) is 14.3. The lowest BCUT2D eigenvalue weighted by Gasteiger charge is -2.26. The quantitative estimate of drug-likeness (QED) is 0.688. The Hall–Kier alpha value is -3.02. The Labute approximate surface area is 146 Å². The van der Waals surface area contributed by atoms with E-state index in [1.54, 1.807) is 27.9 Å². The van der Waals surface area contributed by atoms with Gasteiger partial charge in [-0.3, -0.25) is 19.7 Å². The molecule has 1 aromatic heterocycles. The molecule has 0 unspecified atom stereocenters. The molecule has 0 fully saturated rings. The highest BCUT2D eigenvalue weighted by Crippen LogP contribution is 2.20. The van der Waals surface area contributed by atoms with Gasteiger partial charge in [0.15, 0.2) is 0 Å². The summed E-state index contributed by atoms with van der Waals surface area (Å²) in [5.41, 5.74) is 2.99. The van der Waals surface area contributed by atoms with Gasteiger partial charge in [0.25, 0.3) is 0 Å². The maximum Gasteiger partial charge on any atom is 0.219 e. The second-order valence-corrected chi connectivity index (χ2v) is 6.14. The highest BCUT2D eigenvalue weighted by molar-refractivity contribution is 6.50. The van der Waals surface area contributed by atoms with E-state index in [-0.39, 0.29) is 17.4 Å². The Morgan fingerprint density at radius 2 is 1.88 bits per heavy atom. The number of nitrogens with one attached hydrogen (secondary N) is 1. The van der Waals surface area contributed by atoms with Gasteiger partial charge in [-0.15, -0.1) is 0 Å². The standard InChI is InChI=1S/C19H20N4O2/c1-13(24)23-9-3-4-16(12-23)18(20)19(25)15-7-5-14(6-8-15)17-10-21-22(2)11-17/h4-8,10-11,20H,3,9,12H2,1-2H3. The van der Waals surface area contributed by atoms with Gasteiger partial charge in [-0.25, -0.2) is 0 Å². The summed E-state index contributed by atoms with van der Waals surface area (Å²) in [4.78, 5) is 25.8. The maximum atomic E-state index is 12.6. The third-order valence-corrected chi connectivity index (χ3v) is 4.33. The van der Waals surface area contributed by atoms with E-state index in [4.69, 9.17) is 5.41 Å². The van der Waals surface area contributed by atoms with Crippen LogP contribution in [0.15, 0.2) is 48.3 Å². The third-order valence-electron chi connectivity index (χ3n) is 4.33. The maximum absolute atomic E-state index is 12.6. The molecule has 6 heteroatoms. The van der Waals surface area contributed by atoms with Crippen molar-refractivity contribution in [1.82, 2.24) is 14.7 Å². The van der Waals surface area contributed by atoms with Crippen molar-refractivity contribution < 1.29 is 9.59 Å². The second kappa shape index (κ2) is 6.84. The topological polar surface area (TPSA) is 79.1 Å². The fraction of sp³-hybridized carbons (Fsp3) is 0.263. The minimum Gasteiger partial charge on any atom is -0.338 e. The number of hydrogen-bond donors (Lipinski definition) is 1. The molecule has 1 N–H and O–H groups in total. The summed E-state index contributed by atoms with van der Waals surface area (Å²) < 4.78 is 1.72. The molecule has 0 radical (unpaired) electrons. The number of aryl methyl sites for hydroxylation is 1. The number of carbonyl (C=O) groups is 2. The molecule has 0 saturated heterocycles. The summed E-state index contributed by atoms with van der Waals surface area (Å²) in [5, 5.41) is 12.3. The molecule has 0 bridgehead atoms. The first-order chi connectivity index (χ1) is 12.0. The van der Waals surface area contributed by atoms with Gasteiger partial charge < -0.3 is 4.90 Å². The van der Waals surface area contributed by atoms with E-state index in [1.807, 2.05) is 31.5 Å². The molecule has 6 nitrogen and oxygen atoms in total. The predicted molar refractivity (Wildman–Crippen MR) is 95.7 cm³/mol.